The second-order valence-electron chi connectivity index (χ2n) is 7.03. The number of anilines is 1. The minimum absolute atomic E-state index is 0.324. The number of benzene rings is 2. The van der Waals surface area contributed by atoms with Gasteiger partial charge >= 0.3 is 5.97 Å². The van der Waals surface area contributed by atoms with Crippen molar-refractivity contribution in [2.24, 2.45) is 0 Å². The Hall–Kier alpha value is -3.12. The number of rotatable bonds is 6. The van der Waals surface area contributed by atoms with Crippen LogP contribution in [0.3, 0.4) is 0 Å². The summed E-state index contributed by atoms with van der Waals surface area (Å²) in [5.41, 5.74) is 4.89. The molecule has 0 saturated carbocycles. The van der Waals surface area contributed by atoms with Crippen molar-refractivity contribution in [3.8, 4) is 16.2 Å². The van der Waals surface area contributed by atoms with Crippen LogP contribution in [-0.2, 0) is 29.0 Å². The first kappa shape index (κ1) is 20.2. The second-order valence-corrected chi connectivity index (χ2v) is 8.08. The third-order valence-corrected chi connectivity index (χ3v) is 6.31. The van der Waals surface area contributed by atoms with Crippen molar-refractivity contribution >= 4 is 28.9 Å². The number of aryl methyl sites for hydroxylation is 2. The number of amides is 1. The Bertz CT molecular complexity index is 1080. The number of thiophene rings is 1. The maximum Gasteiger partial charge on any atom is 0.348 e. The summed E-state index contributed by atoms with van der Waals surface area (Å²) >= 11 is 1.37. The molecule has 1 N–H and O–H groups in total. The van der Waals surface area contributed by atoms with Gasteiger partial charge in [0.05, 0.1) is 0 Å². The fraction of sp³-hybridized carbons (Fsp3) is 0.250. The van der Waals surface area contributed by atoms with Gasteiger partial charge in [-0.3, -0.25) is 4.79 Å². The zero-order chi connectivity index (χ0) is 21.1. The number of nitrogens with one attached hydrogen (secondary N) is 1. The lowest BCUT2D eigenvalue weighted by Crippen LogP contribution is -2.22. The Morgan fingerprint density at radius 2 is 1.80 bits per heavy atom. The van der Waals surface area contributed by atoms with Gasteiger partial charge in [0.2, 0.25) is 0 Å². The number of hydrogen-bond acceptors (Lipinski definition) is 5. The van der Waals surface area contributed by atoms with Gasteiger partial charge in [-0.2, -0.15) is 0 Å². The molecule has 4 rings (SSSR count). The number of carbonyl (C=O) groups is 2. The van der Waals surface area contributed by atoms with Crippen molar-refractivity contribution in [2.75, 3.05) is 11.9 Å². The van der Waals surface area contributed by atoms with E-state index in [4.69, 9.17) is 9.47 Å². The van der Waals surface area contributed by atoms with E-state index in [2.05, 4.69) is 5.32 Å². The van der Waals surface area contributed by atoms with Crippen molar-refractivity contribution in [3.05, 3.63) is 70.1 Å². The Labute approximate surface area is 179 Å². The molecule has 0 saturated heterocycles. The molecule has 0 bridgehead atoms. The van der Waals surface area contributed by atoms with Crippen LogP contribution in [0.2, 0.25) is 0 Å². The number of fused-ring (bicyclic) bond motifs is 3. The SMILES string of the molecule is CCc1cccc(CC)c1NC(=O)COC(=O)c1cc2c(s1)-c1ccccc1OC2. The molecule has 154 valence electrons. The molecule has 0 atom stereocenters. The van der Waals surface area contributed by atoms with E-state index in [0.29, 0.717) is 11.5 Å². The van der Waals surface area contributed by atoms with E-state index in [1.54, 1.807) is 6.07 Å². The van der Waals surface area contributed by atoms with Gasteiger partial charge in [-0.1, -0.05) is 44.2 Å². The lowest BCUT2D eigenvalue weighted by molar-refractivity contribution is -0.119. The average Bonchev–Trinajstić information content (AvgIpc) is 3.22. The van der Waals surface area contributed by atoms with Gasteiger partial charge < -0.3 is 14.8 Å². The molecule has 1 aliphatic heterocycles. The largest absolute Gasteiger partial charge is 0.488 e. The van der Waals surface area contributed by atoms with E-state index >= 15 is 0 Å². The molecule has 1 aromatic heterocycles. The van der Waals surface area contributed by atoms with Gasteiger partial charge in [-0.15, -0.1) is 11.3 Å². The van der Waals surface area contributed by atoms with Crippen LogP contribution in [-0.4, -0.2) is 18.5 Å². The normalized spacial score (nSPS) is 11.8. The topological polar surface area (TPSA) is 64.6 Å². The fourth-order valence-electron chi connectivity index (χ4n) is 3.58. The second kappa shape index (κ2) is 8.71. The van der Waals surface area contributed by atoms with Crippen LogP contribution in [0.1, 0.15) is 40.2 Å². The molecule has 0 radical (unpaired) electrons. The minimum atomic E-state index is -0.499. The zero-order valence-corrected chi connectivity index (χ0v) is 17.8. The highest BCUT2D eigenvalue weighted by molar-refractivity contribution is 7.17. The molecule has 2 aromatic carbocycles. The summed E-state index contributed by atoms with van der Waals surface area (Å²) in [4.78, 5) is 26.5. The van der Waals surface area contributed by atoms with E-state index in [-0.39, 0.29) is 12.5 Å². The van der Waals surface area contributed by atoms with E-state index in [0.717, 1.165) is 51.4 Å². The van der Waals surface area contributed by atoms with E-state index < -0.39 is 5.97 Å². The zero-order valence-electron chi connectivity index (χ0n) is 17.0. The van der Waals surface area contributed by atoms with Gasteiger partial charge in [0.25, 0.3) is 5.91 Å². The summed E-state index contributed by atoms with van der Waals surface area (Å²) in [6.07, 6.45) is 1.63. The molecule has 0 unspecified atom stereocenters. The number of carbonyl (C=O) groups excluding carboxylic acids is 2. The Morgan fingerprint density at radius 3 is 2.53 bits per heavy atom. The predicted octanol–water partition coefficient (Wildman–Crippen LogP) is 5.23. The molecule has 0 spiro atoms. The fourth-order valence-corrected chi connectivity index (χ4v) is 4.67. The monoisotopic (exact) mass is 421 g/mol. The summed E-state index contributed by atoms with van der Waals surface area (Å²) in [6.45, 7) is 4.19. The maximum absolute atomic E-state index is 12.5. The lowest BCUT2D eigenvalue weighted by Gasteiger charge is -2.16. The highest BCUT2D eigenvalue weighted by Crippen LogP contribution is 2.42. The van der Waals surface area contributed by atoms with Crippen LogP contribution in [0.5, 0.6) is 5.75 Å². The van der Waals surface area contributed by atoms with Crippen LogP contribution >= 0.6 is 11.3 Å². The van der Waals surface area contributed by atoms with Crippen molar-refractivity contribution in [2.45, 2.75) is 33.3 Å². The van der Waals surface area contributed by atoms with Crippen molar-refractivity contribution in [1.29, 1.82) is 0 Å². The van der Waals surface area contributed by atoms with Gasteiger partial charge in [0, 0.05) is 21.7 Å². The first-order chi connectivity index (χ1) is 14.6. The molecule has 6 heteroatoms. The predicted molar refractivity (Wildman–Crippen MR) is 118 cm³/mol. The van der Waals surface area contributed by atoms with Crippen LogP contribution < -0.4 is 10.1 Å². The van der Waals surface area contributed by atoms with Gasteiger partial charge in [0.1, 0.15) is 17.2 Å². The van der Waals surface area contributed by atoms with Gasteiger partial charge in [0.15, 0.2) is 6.61 Å². The van der Waals surface area contributed by atoms with E-state index in [1.807, 2.05) is 56.3 Å². The summed E-state index contributed by atoms with van der Waals surface area (Å²) in [6, 6.07) is 15.5. The third kappa shape index (κ3) is 3.96. The number of hydrogen-bond donors (Lipinski definition) is 1. The molecular formula is C24H23NO4S. The smallest absolute Gasteiger partial charge is 0.348 e. The van der Waals surface area contributed by atoms with Crippen molar-refractivity contribution in [3.63, 3.8) is 0 Å². The average molecular weight is 422 g/mol. The maximum atomic E-state index is 12.5. The highest BCUT2D eigenvalue weighted by atomic mass is 32.1. The van der Waals surface area contributed by atoms with Crippen molar-refractivity contribution < 1.29 is 19.1 Å². The van der Waals surface area contributed by atoms with Crippen LogP contribution in [0.25, 0.3) is 10.4 Å². The molecule has 1 aliphatic rings. The molecule has 2 heterocycles. The van der Waals surface area contributed by atoms with Crippen molar-refractivity contribution in [1.82, 2.24) is 0 Å². The van der Waals surface area contributed by atoms with Crippen LogP contribution in [0, 0.1) is 0 Å². The minimum Gasteiger partial charge on any atom is -0.488 e. The summed E-state index contributed by atoms with van der Waals surface area (Å²) in [5.74, 6) is -0.0251. The number of para-hydroxylation sites is 2. The first-order valence-corrected chi connectivity index (χ1v) is 10.8. The third-order valence-electron chi connectivity index (χ3n) is 5.12. The number of ether oxygens (including phenoxy) is 2. The van der Waals surface area contributed by atoms with Gasteiger partial charge in [-0.05, 0) is 42.2 Å². The highest BCUT2D eigenvalue weighted by Gasteiger charge is 2.23. The quantitative estimate of drug-likeness (QED) is 0.554. The Balaban J connectivity index is 1.43. The molecule has 5 nitrogen and oxygen atoms in total. The van der Waals surface area contributed by atoms with Gasteiger partial charge in [-0.25, -0.2) is 4.79 Å². The van der Waals surface area contributed by atoms with Crippen LogP contribution in [0.15, 0.2) is 48.5 Å². The summed E-state index contributed by atoms with van der Waals surface area (Å²) in [5, 5.41) is 2.92. The summed E-state index contributed by atoms with van der Waals surface area (Å²) in [7, 11) is 0. The first-order valence-electron chi connectivity index (χ1n) is 10.0. The molecule has 3 aromatic rings. The molecule has 0 fully saturated rings. The molecule has 30 heavy (non-hydrogen) atoms. The molecule has 0 aliphatic carbocycles. The van der Waals surface area contributed by atoms with E-state index in [1.165, 1.54) is 11.3 Å². The summed E-state index contributed by atoms with van der Waals surface area (Å²) < 4.78 is 11.0. The molecular weight excluding hydrogens is 398 g/mol. The Morgan fingerprint density at radius 1 is 1.07 bits per heavy atom. The van der Waals surface area contributed by atoms with E-state index in [9.17, 15) is 9.59 Å². The number of esters is 1. The lowest BCUT2D eigenvalue weighted by atomic mass is 10.0. The van der Waals surface area contributed by atoms with Crippen LogP contribution in [0.4, 0.5) is 5.69 Å². The standard InChI is InChI=1S/C24H23NO4S/c1-3-15-8-7-9-16(4-2)22(15)25-21(26)14-29-24(27)20-12-17-13-28-19-11-6-5-10-18(19)23(17)30-20/h5-12H,3-4,13-14H2,1-2H3,(H,25,26). The Kier molecular flexibility index (Phi) is 5.86. The molecule has 1 amide bonds.